The van der Waals surface area contributed by atoms with Crippen LogP contribution in [0.2, 0.25) is 0 Å². The van der Waals surface area contributed by atoms with Gasteiger partial charge in [-0.25, -0.2) is 0 Å². The Labute approximate surface area is 131 Å². The van der Waals surface area contributed by atoms with Crippen LogP contribution in [-0.2, 0) is 23.9 Å². The normalized spacial score (nSPS) is 15.1. The molecule has 1 aliphatic heterocycles. The van der Waals surface area contributed by atoms with Crippen LogP contribution in [0.1, 0.15) is 28.7 Å². The lowest BCUT2D eigenvalue weighted by molar-refractivity contribution is -0.137. The topological polar surface area (TPSA) is 61.0 Å². The molecule has 122 valence electrons. The van der Waals surface area contributed by atoms with Gasteiger partial charge in [0.2, 0.25) is 0 Å². The summed E-state index contributed by atoms with van der Waals surface area (Å²) in [4.78, 5) is 0. The van der Waals surface area contributed by atoms with Crippen molar-refractivity contribution in [3.05, 3.63) is 40.5 Å². The number of hydrogen-bond donors (Lipinski definition) is 1. The number of aromatic nitrogens is 2. The molecule has 7 heteroatoms. The van der Waals surface area contributed by atoms with Crippen LogP contribution >= 0.6 is 0 Å². The highest BCUT2D eigenvalue weighted by molar-refractivity contribution is 5.70. The Morgan fingerprint density at radius 3 is 2.74 bits per heavy atom. The fraction of sp³-hybridized carbons (Fsp3) is 0.375. The van der Waals surface area contributed by atoms with Crippen LogP contribution in [0.15, 0.2) is 18.2 Å². The third-order valence-electron chi connectivity index (χ3n) is 4.04. The Morgan fingerprint density at radius 1 is 1.22 bits per heavy atom. The molecule has 0 aliphatic carbocycles. The number of hydrogen-bond acceptors (Lipinski definition) is 4. The maximum Gasteiger partial charge on any atom is 0.416 e. The molecule has 0 saturated carbocycles. The van der Waals surface area contributed by atoms with Gasteiger partial charge >= 0.3 is 6.18 Å². The van der Waals surface area contributed by atoms with Gasteiger partial charge in [-0.1, -0.05) is 6.07 Å². The molecule has 2 heterocycles. The molecular weight excluding hydrogens is 307 g/mol. The summed E-state index contributed by atoms with van der Waals surface area (Å²) in [6, 6.07) is 3.63. The van der Waals surface area contributed by atoms with E-state index in [0.717, 1.165) is 29.7 Å². The fourth-order valence-corrected chi connectivity index (χ4v) is 2.75. The zero-order chi connectivity index (χ0) is 16.6. The molecule has 2 aromatic rings. The maximum atomic E-state index is 12.9. The van der Waals surface area contributed by atoms with Gasteiger partial charge in [-0.15, -0.1) is 10.2 Å². The Balaban J connectivity index is 2.21. The second-order valence-corrected chi connectivity index (χ2v) is 5.56. The predicted octanol–water partition coefficient (Wildman–Crippen LogP) is 3.52. The number of benzene rings is 1. The number of alkyl halides is 3. The first kappa shape index (κ1) is 15.7. The van der Waals surface area contributed by atoms with Crippen LogP contribution in [0, 0.1) is 6.92 Å². The number of halogens is 3. The number of nitrogen functional groups attached to an aromatic ring is 1. The molecule has 0 fully saturated rings. The minimum atomic E-state index is -4.39. The van der Waals surface area contributed by atoms with Gasteiger partial charge in [0.05, 0.1) is 17.9 Å². The van der Waals surface area contributed by atoms with Crippen LogP contribution in [0.4, 0.5) is 19.0 Å². The van der Waals surface area contributed by atoms with Crippen molar-refractivity contribution < 1.29 is 17.9 Å². The smallest absolute Gasteiger partial charge is 0.382 e. The first-order valence-corrected chi connectivity index (χ1v) is 7.28. The summed E-state index contributed by atoms with van der Waals surface area (Å²) in [5.41, 5.74) is 8.53. The third-order valence-corrected chi connectivity index (χ3v) is 4.04. The van der Waals surface area contributed by atoms with Crippen molar-refractivity contribution in [2.45, 2.75) is 32.5 Å². The Morgan fingerprint density at radius 2 is 2.00 bits per heavy atom. The first-order valence-electron chi connectivity index (χ1n) is 7.28. The Bertz CT molecular complexity index is 744. The first-order chi connectivity index (χ1) is 10.9. The summed E-state index contributed by atoms with van der Waals surface area (Å²) in [5, 5.41) is 8.07. The molecule has 0 unspecified atom stereocenters. The van der Waals surface area contributed by atoms with Gasteiger partial charge in [-0.05, 0) is 48.6 Å². The van der Waals surface area contributed by atoms with Crippen molar-refractivity contribution in [2.75, 3.05) is 12.3 Å². The largest absolute Gasteiger partial charge is 0.416 e. The maximum absolute atomic E-state index is 12.9. The molecule has 4 nitrogen and oxygen atoms in total. The van der Waals surface area contributed by atoms with Crippen molar-refractivity contribution in [2.24, 2.45) is 0 Å². The monoisotopic (exact) mass is 323 g/mol. The minimum Gasteiger partial charge on any atom is -0.382 e. The van der Waals surface area contributed by atoms with Gasteiger partial charge in [-0.3, -0.25) is 0 Å². The molecule has 1 aliphatic rings. The van der Waals surface area contributed by atoms with Gasteiger partial charge in [0.15, 0.2) is 0 Å². The second kappa shape index (κ2) is 5.81. The van der Waals surface area contributed by atoms with E-state index in [2.05, 4.69) is 10.2 Å². The molecule has 1 aromatic heterocycles. The molecule has 1 aromatic carbocycles. The molecule has 23 heavy (non-hydrogen) atoms. The quantitative estimate of drug-likeness (QED) is 0.806. The third kappa shape index (κ3) is 3.01. The molecule has 3 rings (SSSR count). The molecule has 0 atom stereocenters. The number of rotatable bonds is 0. The highest BCUT2D eigenvalue weighted by Crippen LogP contribution is 2.35. The number of nitrogens with two attached hydrogens (primary N) is 1. The van der Waals surface area contributed by atoms with Crippen LogP contribution < -0.4 is 5.73 Å². The van der Waals surface area contributed by atoms with Crippen LogP contribution in [-0.4, -0.2) is 16.8 Å². The molecule has 0 amide bonds. The Hall–Kier alpha value is -2.15. The van der Waals surface area contributed by atoms with Gasteiger partial charge in [0.25, 0.3) is 0 Å². The minimum absolute atomic E-state index is 0.115. The van der Waals surface area contributed by atoms with Crippen molar-refractivity contribution in [1.29, 1.82) is 0 Å². The van der Waals surface area contributed by atoms with Gasteiger partial charge in [0.1, 0.15) is 5.82 Å². The fourth-order valence-electron chi connectivity index (χ4n) is 2.75. The average Bonchev–Trinajstić information content (AvgIpc) is 2.58. The van der Waals surface area contributed by atoms with E-state index >= 15 is 0 Å². The number of anilines is 1. The summed E-state index contributed by atoms with van der Waals surface area (Å²) in [6.07, 6.45) is -2.95. The summed E-state index contributed by atoms with van der Waals surface area (Å²) >= 11 is 0. The summed E-state index contributed by atoms with van der Waals surface area (Å²) in [5.74, 6) is 0.345. The predicted molar refractivity (Wildman–Crippen MR) is 79.6 cm³/mol. The highest BCUT2D eigenvalue weighted by Gasteiger charge is 2.31. The SMILES string of the molecule is Cc1c(N)nnc2c1CCCOCc1cc(C(F)(F)F)ccc1-2. The van der Waals surface area contributed by atoms with E-state index < -0.39 is 11.7 Å². The lowest BCUT2D eigenvalue weighted by atomic mass is 9.95. The molecular formula is C16H16F3N3O. The van der Waals surface area contributed by atoms with E-state index in [0.29, 0.717) is 35.7 Å². The molecule has 2 N–H and O–H groups in total. The van der Waals surface area contributed by atoms with Crippen molar-refractivity contribution >= 4 is 5.82 Å². The standard InChI is InChI=1S/C16H16F3N3O/c1-9-12-3-2-6-23-8-10-7-11(16(17,18)19)4-5-13(10)14(12)21-22-15(9)20/h4-5,7H,2-3,6,8H2,1H3,(H2,20,22). The van der Waals surface area contributed by atoms with Crippen LogP contribution in [0.25, 0.3) is 11.3 Å². The average molecular weight is 323 g/mol. The van der Waals surface area contributed by atoms with E-state index in [1.165, 1.54) is 6.07 Å². The lowest BCUT2D eigenvalue weighted by Crippen LogP contribution is -2.08. The van der Waals surface area contributed by atoms with Gasteiger partial charge < -0.3 is 10.5 Å². The van der Waals surface area contributed by atoms with Crippen molar-refractivity contribution in [3.8, 4) is 11.3 Å². The van der Waals surface area contributed by atoms with E-state index in [-0.39, 0.29) is 6.61 Å². The number of fused-ring (bicyclic) bond motifs is 3. The van der Waals surface area contributed by atoms with E-state index in [1.54, 1.807) is 0 Å². The van der Waals surface area contributed by atoms with Crippen LogP contribution in [0.3, 0.4) is 0 Å². The Kier molecular flexibility index (Phi) is 3.97. The van der Waals surface area contributed by atoms with E-state index in [4.69, 9.17) is 10.5 Å². The van der Waals surface area contributed by atoms with E-state index in [1.807, 2.05) is 6.92 Å². The lowest BCUT2D eigenvalue weighted by Gasteiger charge is -2.15. The van der Waals surface area contributed by atoms with E-state index in [9.17, 15) is 13.2 Å². The van der Waals surface area contributed by atoms with Crippen molar-refractivity contribution in [1.82, 2.24) is 10.2 Å². The van der Waals surface area contributed by atoms with Gasteiger partial charge in [-0.2, -0.15) is 13.2 Å². The number of nitrogens with zero attached hydrogens (tertiary/aromatic N) is 2. The molecule has 0 saturated heterocycles. The summed E-state index contributed by atoms with van der Waals surface area (Å²) in [7, 11) is 0. The van der Waals surface area contributed by atoms with Crippen molar-refractivity contribution in [3.63, 3.8) is 0 Å². The second-order valence-electron chi connectivity index (χ2n) is 5.56. The summed E-state index contributed by atoms with van der Waals surface area (Å²) in [6.45, 7) is 2.44. The molecule has 0 radical (unpaired) electrons. The zero-order valence-corrected chi connectivity index (χ0v) is 12.6. The highest BCUT2D eigenvalue weighted by atomic mass is 19.4. The zero-order valence-electron chi connectivity index (χ0n) is 12.6. The molecule has 0 spiro atoms. The van der Waals surface area contributed by atoms with Crippen LogP contribution in [0.5, 0.6) is 0 Å². The summed E-state index contributed by atoms with van der Waals surface area (Å²) < 4.78 is 44.3. The number of ether oxygens (including phenoxy) is 1. The van der Waals surface area contributed by atoms with Gasteiger partial charge in [0, 0.05) is 12.2 Å². The molecule has 0 bridgehead atoms.